The topological polar surface area (TPSA) is 0 Å². The Balaban J connectivity index is 1.34. The third-order valence-electron chi connectivity index (χ3n) is 8.31. The highest BCUT2D eigenvalue weighted by molar-refractivity contribution is 5.65. The Morgan fingerprint density at radius 1 is 0.743 bits per heavy atom. The van der Waals surface area contributed by atoms with Crippen LogP contribution in [0.15, 0.2) is 30.3 Å². The van der Waals surface area contributed by atoms with Crippen molar-refractivity contribution in [2.45, 2.75) is 89.4 Å². The largest absolute Gasteiger partial charge is 0.251 e. The van der Waals surface area contributed by atoms with Gasteiger partial charge >= 0.3 is 0 Å². The summed E-state index contributed by atoms with van der Waals surface area (Å²) >= 11 is 0. The molecule has 0 saturated heterocycles. The molecule has 0 atom stereocenters. The molecule has 0 aliphatic heterocycles. The number of halogens is 6. The molecule has 2 saturated carbocycles. The molecule has 2 aromatic rings. The van der Waals surface area contributed by atoms with Crippen LogP contribution in [0.3, 0.4) is 0 Å². The summed E-state index contributed by atoms with van der Waals surface area (Å²) in [6.45, 7) is 2.15. The third kappa shape index (κ3) is 6.06. The van der Waals surface area contributed by atoms with Gasteiger partial charge in [-0.1, -0.05) is 31.9 Å². The minimum atomic E-state index is -2.62. The van der Waals surface area contributed by atoms with E-state index in [2.05, 4.69) is 6.92 Å². The van der Waals surface area contributed by atoms with Gasteiger partial charge in [0.1, 0.15) is 5.82 Å². The number of hydrogen-bond acceptors (Lipinski definition) is 0. The standard InChI is InChI=1S/C29H34F6/c1-2-3-18-6-11-23(12-7-18)29(34,35)17-19-4-8-20(9-5-19)21-10-13-24(25(30)14-21)22-15-26(31)28(33)27(32)16-22/h10,13-16,18-20,23H,2-9,11-12,17H2,1H3. The molecule has 2 aromatic carbocycles. The van der Waals surface area contributed by atoms with Crippen molar-refractivity contribution >= 4 is 0 Å². The highest BCUT2D eigenvalue weighted by Crippen LogP contribution is 2.46. The zero-order valence-corrected chi connectivity index (χ0v) is 20.2. The molecule has 4 rings (SSSR count). The van der Waals surface area contributed by atoms with Crippen LogP contribution in [0.2, 0.25) is 0 Å². The van der Waals surface area contributed by atoms with Crippen molar-refractivity contribution in [2.24, 2.45) is 17.8 Å². The molecule has 0 radical (unpaired) electrons. The van der Waals surface area contributed by atoms with Crippen molar-refractivity contribution in [1.29, 1.82) is 0 Å². The summed E-state index contributed by atoms with van der Waals surface area (Å²) in [4.78, 5) is 0. The van der Waals surface area contributed by atoms with Crippen molar-refractivity contribution in [1.82, 2.24) is 0 Å². The van der Waals surface area contributed by atoms with Gasteiger partial charge in [0, 0.05) is 17.9 Å². The summed E-state index contributed by atoms with van der Waals surface area (Å²) in [6.07, 6.45) is 8.07. The van der Waals surface area contributed by atoms with Crippen LogP contribution in [0.25, 0.3) is 11.1 Å². The van der Waals surface area contributed by atoms with Crippen LogP contribution in [0, 0.1) is 41.0 Å². The Hall–Kier alpha value is -1.98. The summed E-state index contributed by atoms with van der Waals surface area (Å²) < 4.78 is 85.2. The Labute approximate surface area is 204 Å². The summed E-state index contributed by atoms with van der Waals surface area (Å²) in [5, 5.41) is 0. The predicted octanol–water partition coefficient (Wildman–Crippen LogP) is 9.82. The number of hydrogen-bond donors (Lipinski definition) is 0. The Morgan fingerprint density at radius 2 is 1.34 bits per heavy atom. The molecule has 35 heavy (non-hydrogen) atoms. The van der Waals surface area contributed by atoms with E-state index >= 15 is 8.78 Å². The highest BCUT2D eigenvalue weighted by atomic mass is 19.3. The van der Waals surface area contributed by atoms with Gasteiger partial charge in [-0.3, -0.25) is 0 Å². The lowest BCUT2D eigenvalue weighted by atomic mass is 9.72. The lowest BCUT2D eigenvalue weighted by molar-refractivity contribution is -0.0955. The van der Waals surface area contributed by atoms with Gasteiger partial charge in [-0.25, -0.2) is 26.3 Å². The summed E-state index contributed by atoms with van der Waals surface area (Å²) in [5.74, 6) is -7.44. The molecule has 192 valence electrons. The van der Waals surface area contributed by atoms with Gasteiger partial charge in [0.05, 0.1) is 0 Å². The van der Waals surface area contributed by atoms with Crippen LogP contribution in [-0.4, -0.2) is 5.92 Å². The second-order valence-corrected chi connectivity index (χ2v) is 10.7. The molecular formula is C29H34F6. The van der Waals surface area contributed by atoms with Gasteiger partial charge in [0.2, 0.25) is 0 Å². The van der Waals surface area contributed by atoms with E-state index in [0.29, 0.717) is 44.4 Å². The van der Waals surface area contributed by atoms with Gasteiger partial charge in [0.15, 0.2) is 17.5 Å². The van der Waals surface area contributed by atoms with Crippen LogP contribution < -0.4 is 0 Å². The van der Waals surface area contributed by atoms with Gasteiger partial charge in [-0.2, -0.15) is 0 Å². The number of benzene rings is 2. The first kappa shape index (κ1) is 26.1. The Bertz CT molecular complexity index is 977. The predicted molar refractivity (Wildman–Crippen MR) is 126 cm³/mol. The van der Waals surface area contributed by atoms with E-state index in [9.17, 15) is 17.6 Å². The van der Waals surface area contributed by atoms with Crippen molar-refractivity contribution in [2.75, 3.05) is 0 Å². The molecule has 6 heteroatoms. The molecule has 2 aliphatic rings. The zero-order chi connectivity index (χ0) is 25.2. The van der Waals surface area contributed by atoms with Gasteiger partial charge in [-0.05, 0) is 98.4 Å². The summed E-state index contributed by atoms with van der Waals surface area (Å²) in [6, 6.07) is 6.07. The first-order valence-corrected chi connectivity index (χ1v) is 13.0. The maximum atomic E-state index is 15.0. The van der Waals surface area contributed by atoms with Crippen LogP contribution in [0.4, 0.5) is 26.3 Å². The van der Waals surface area contributed by atoms with E-state index in [4.69, 9.17) is 0 Å². The van der Waals surface area contributed by atoms with E-state index in [1.807, 2.05) is 0 Å². The third-order valence-corrected chi connectivity index (χ3v) is 8.31. The minimum Gasteiger partial charge on any atom is -0.207 e. The first-order valence-electron chi connectivity index (χ1n) is 13.0. The second-order valence-electron chi connectivity index (χ2n) is 10.7. The van der Waals surface area contributed by atoms with Gasteiger partial charge < -0.3 is 0 Å². The molecular weight excluding hydrogens is 462 g/mol. The second kappa shape index (κ2) is 11.0. The van der Waals surface area contributed by atoms with E-state index in [-0.39, 0.29) is 29.4 Å². The molecule has 2 aliphatic carbocycles. The van der Waals surface area contributed by atoms with Crippen LogP contribution in [0.1, 0.15) is 89.0 Å². The molecule has 0 unspecified atom stereocenters. The van der Waals surface area contributed by atoms with Crippen LogP contribution >= 0.6 is 0 Å². The van der Waals surface area contributed by atoms with E-state index < -0.39 is 35.1 Å². The minimum absolute atomic E-state index is 0.00599. The van der Waals surface area contributed by atoms with E-state index in [1.54, 1.807) is 6.07 Å². The fourth-order valence-electron chi connectivity index (χ4n) is 6.26. The molecule has 0 aromatic heterocycles. The Kier molecular flexibility index (Phi) is 8.17. The molecule has 2 fully saturated rings. The van der Waals surface area contributed by atoms with Gasteiger partial charge in [0.25, 0.3) is 5.92 Å². The summed E-state index contributed by atoms with van der Waals surface area (Å²) in [7, 11) is 0. The fraction of sp³-hybridized carbons (Fsp3) is 0.586. The normalized spacial score (nSPS) is 25.6. The Morgan fingerprint density at radius 3 is 1.91 bits per heavy atom. The van der Waals surface area contributed by atoms with E-state index in [0.717, 1.165) is 43.4 Å². The molecule has 0 N–H and O–H groups in total. The van der Waals surface area contributed by atoms with Crippen LogP contribution in [-0.2, 0) is 0 Å². The van der Waals surface area contributed by atoms with Crippen molar-refractivity contribution in [3.05, 3.63) is 59.2 Å². The molecule has 0 nitrogen and oxygen atoms in total. The fourth-order valence-corrected chi connectivity index (χ4v) is 6.26. The maximum Gasteiger partial charge on any atom is 0.251 e. The first-order chi connectivity index (χ1) is 16.7. The smallest absolute Gasteiger partial charge is 0.207 e. The van der Waals surface area contributed by atoms with E-state index in [1.165, 1.54) is 12.1 Å². The van der Waals surface area contributed by atoms with Crippen molar-refractivity contribution in [3.63, 3.8) is 0 Å². The summed E-state index contributed by atoms with van der Waals surface area (Å²) in [5.41, 5.74) is 0.683. The molecule has 0 amide bonds. The zero-order valence-electron chi connectivity index (χ0n) is 20.2. The molecule has 0 spiro atoms. The molecule has 0 bridgehead atoms. The monoisotopic (exact) mass is 496 g/mol. The van der Waals surface area contributed by atoms with Gasteiger partial charge in [-0.15, -0.1) is 0 Å². The SMILES string of the molecule is CCCC1CCC(C(F)(F)CC2CCC(c3ccc(-c4cc(F)c(F)c(F)c4)c(F)c3)CC2)CC1. The number of rotatable bonds is 7. The highest BCUT2D eigenvalue weighted by Gasteiger charge is 2.43. The molecule has 0 heterocycles. The van der Waals surface area contributed by atoms with Crippen molar-refractivity contribution in [3.8, 4) is 11.1 Å². The maximum absolute atomic E-state index is 15.0. The average Bonchev–Trinajstić information content (AvgIpc) is 2.83. The van der Waals surface area contributed by atoms with Crippen LogP contribution in [0.5, 0.6) is 0 Å². The lowest BCUT2D eigenvalue weighted by Crippen LogP contribution is -2.34. The van der Waals surface area contributed by atoms with Crippen molar-refractivity contribution < 1.29 is 26.3 Å². The quantitative estimate of drug-likeness (QED) is 0.264. The number of alkyl halides is 2. The average molecular weight is 497 g/mol. The lowest BCUT2D eigenvalue weighted by Gasteiger charge is -2.37.